The Bertz CT molecular complexity index is 582. The minimum Gasteiger partial charge on any atom is -0.339 e. The number of fused-ring (bicyclic) bond motifs is 1. The third-order valence-electron chi connectivity index (χ3n) is 3.48. The molecule has 4 nitrogen and oxygen atoms in total. The van der Waals surface area contributed by atoms with Crippen molar-refractivity contribution in [1.82, 2.24) is 15.5 Å². The number of rotatable bonds is 4. The van der Waals surface area contributed by atoms with Gasteiger partial charge in [-0.25, -0.2) is 0 Å². The molecule has 1 aromatic carbocycles. The molecular weight excluding hydrogens is 262 g/mol. The van der Waals surface area contributed by atoms with Gasteiger partial charge in [0.2, 0.25) is 5.89 Å². The lowest BCUT2D eigenvalue weighted by atomic mass is 10.1. The van der Waals surface area contributed by atoms with E-state index in [9.17, 15) is 0 Å². The van der Waals surface area contributed by atoms with Crippen LogP contribution < -0.4 is 5.32 Å². The highest BCUT2D eigenvalue weighted by Gasteiger charge is 2.21. The van der Waals surface area contributed by atoms with Crippen molar-refractivity contribution in [1.29, 1.82) is 0 Å². The van der Waals surface area contributed by atoms with Crippen molar-refractivity contribution in [2.24, 2.45) is 0 Å². The Hall–Kier alpha value is -1.39. The summed E-state index contributed by atoms with van der Waals surface area (Å²) < 4.78 is 5.10. The summed E-state index contributed by atoms with van der Waals surface area (Å²) in [6.45, 7) is 2.67. The van der Waals surface area contributed by atoms with E-state index in [-0.39, 0.29) is 0 Å². The van der Waals surface area contributed by atoms with Gasteiger partial charge in [0.15, 0.2) is 5.82 Å². The van der Waals surface area contributed by atoms with E-state index >= 15 is 0 Å². The maximum Gasteiger partial charge on any atom is 0.227 e. The number of nitrogens with zero attached hydrogens (tertiary/aromatic N) is 2. The van der Waals surface area contributed by atoms with Crippen molar-refractivity contribution in [3.8, 4) is 0 Å². The molecule has 1 atom stereocenters. The fourth-order valence-electron chi connectivity index (χ4n) is 2.59. The van der Waals surface area contributed by atoms with Crippen LogP contribution in [0.1, 0.15) is 35.3 Å². The van der Waals surface area contributed by atoms with Gasteiger partial charge in [-0.05, 0) is 43.0 Å². The summed E-state index contributed by atoms with van der Waals surface area (Å²) in [5.41, 5.74) is 2.73. The first-order chi connectivity index (χ1) is 9.22. The Balaban J connectivity index is 1.58. The molecule has 1 aliphatic rings. The molecule has 0 radical (unpaired) electrons. The molecule has 1 N–H and O–H groups in total. The summed E-state index contributed by atoms with van der Waals surface area (Å²) >= 11 is 6.01. The van der Waals surface area contributed by atoms with Gasteiger partial charge in [-0.1, -0.05) is 22.8 Å². The monoisotopic (exact) mass is 277 g/mol. The van der Waals surface area contributed by atoms with Crippen LogP contribution in [0.2, 0.25) is 5.02 Å². The van der Waals surface area contributed by atoms with Crippen LogP contribution in [0.15, 0.2) is 22.7 Å². The first-order valence-electron chi connectivity index (χ1n) is 6.53. The second kappa shape index (κ2) is 5.31. The molecule has 1 aliphatic carbocycles. The lowest BCUT2D eigenvalue weighted by Crippen LogP contribution is -2.22. The van der Waals surface area contributed by atoms with Crippen LogP contribution in [0.25, 0.3) is 0 Å². The molecule has 5 heteroatoms. The predicted molar refractivity (Wildman–Crippen MR) is 73.3 cm³/mol. The largest absolute Gasteiger partial charge is 0.339 e. The van der Waals surface area contributed by atoms with Crippen LogP contribution in [0.5, 0.6) is 0 Å². The third kappa shape index (κ3) is 2.80. The number of halogens is 1. The molecular formula is C14H16ClN3O. The van der Waals surface area contributed by atoms with E-state index in [0.29, 0.717) is 17.8 Å². The van der Waals surface area contributed by atoms with Crippen LogP contribution >= 0.6 is 11.6 Å². The van der Waals surface area contributed by atoms with Crippen LogP contribution in [0.3, 0.4) is 0 Å². The zero-order valence-corrected chi connectivity index (χ0v) is 11.6. The van der Waals surface area contributed by atoms with Crippen molar-refractivity contribution in [3.63, 3.8) is 0 Å². The summed E-state index contributed by atoms with van der Waals surface area (Å²) in [7, 11) is 0. The van der Waals surface area contributed by atoms with Crippen molar-refractivity contribution in [3.05, 3.63) is 46.1 Å². The Morgan fingerprint density at radius 2 is 2.37 bits per heavy atom. The molecule has 0 saturated heterocycles. The van der Waals surface area contributed by atoms with Gasteiger partial charge in [0, 0.05) is 24.0 Å². The van der Waals surface area contributed by atoms with Crippen molar-refractivity contribution in [2.75, 3.05) is 6.54 Å². The molecule has 1 aromatic heterocycles. The van der Waals surface area contributed by atoms with Gasteiger partial charge in [0.1, 0.15) is 0 Å². The standard InChI is InChI=1S/C14H16ClN3O/c1-9-17-14(19-18-9)6-7-16-13-5-2-10-8-11(15)3-4-12(10)13/h3-4,8,13,16H,2,5-7H2,1H3. The van der Waals surface area contributed by atoms with Gasteiger partial charge < -0.3 is 9.84 Å². The van der Waals surface area contributed by atoms with Crippen LogP contribution in [0, 0.1) is 6.92 Å². The highest BCUT2D eigenvalue weighted by atomic mass is 35.5. The topological polar surface area (TPSA) is 51.0 Å². The molecule has 1 heterocycles. The number of aryl methyl sites for hydroxylation is 2. The van der Waals surface area contributed by atoms with E-state index in [2.05, 4.69) is 27.6 Å². The number of nitrogens with one attached hydrogen (secondary N) is 1. The molecule has 0 spiro atoms. The molecule has 19 heavy (non-hydrogen) atoms. The summed E-state index contributed by atoms with van der Waals surface area (Å²) in [6.07, 6.45) is 2.98. The maximum atomic E-state index is 6.01. The van der Waals surface area contributed by atoms with Gasteiger partial charge in [-0.15, -0.1) is 0 Å². The molecule has 0 fully saturated rings. The molecule has 0 aliphatic heterocycles. The summed E-state index contributed by atoms with van der Waals surface area (Å²) in [4.78, 5) is 4.20. The van der Waals surface area contributed by atoms with Crippen molar-refractivity contribution < 1.29 is 4.52 Å². The lowest BCUT2D eigenvalue weighted by molar-refractivity contribution is 0.369. The second-order valence-electron chi connectivity index (χ2n) is 4.87. The minimum absolute atomic E-state index is 0.413. The number of benzene rings is 1. The van der Waals surface area contributed by atoms with E-state index in [0.717, 1.165) is 30.8 Å². The van der Waals surface area contributed by atoms with Gasteiger partial charge >= 0.3 is 0 Å². The van der Waals surface area contributed by atoms with E-state index in [1.807, 2.05) is 13.0 Å². The Labute approximate surface area is 117 Å². The van der Waals surface area contributed by atoms with Gasteiger partial charge in [0.25, 0.3) is 0 Å². The first-order valence-corrected chi connectivity index (χ1v) is 6.91. The van der Waals surface area contributed by atoms with Crippen LogP contribution in [-0.4, -0.2) is 16.7 Å². The molecule has 0 bridgehead atoms. The van der Waals surface area contributed by atoms with E-state index in [1.165, 1.54) is 11.1 Å². The average Bonchev–Trinajstić information content (AvgIpc) is 2.96. The predicted octanol–water partition coefficient (Wildman–Crippen LogP) is 2.85. The highest BCUT2D eigenvalue weighted by Crippen LogP contribution is 2.32. The van der Waals surface area contributed by atoms with E-state index < -0.39 is 0 Å². The first kappa shape index (κ1) is 12.6. The Morgan fingerprint density at radius 1 is 1.47 bits per heavy atom. The van der Waals surface area contributed by atoms with Gasteiger partial charge in [0.05, 0.1) is 0 Å². The number of hydrogen-bond donors (Lipinski definition) is 1. The van der Waals surface area contributed by atoms with E-state index in [1.54, 1.807) is 0 Å². The zero-order valence-electron chi connectivity index (χ0n) is 10.8. The molecule has 1 unspecified atom stereocenters. The van der Waals surface area contributed by atoms with Gasteiger partial charge in [-0.3, -0.25) is 0 Å². The lowest BCUT2D eigenvalue weighted by Gasteiger charge is -2.13. The maximum absolute atomic E-state index is 6.01. The fraction of sp³-hybridized carbons (Fsp3) is 0.429. The Kier molecular flexibility index (Phi) is 3.53. The SMILES string of the molecule is Cc1noc(CCNC2CCc3cc(Cl)ccc32)n1. The fourth-order valence-corrected chi connectivity index (χ4v) is 2.79. The summed E-state index contributed by atoms with van der Waals surface area (Å²) in [5.74, 6) is 1.38. The van der Waals surface area contributed by atoms with Gasteiger partial charge in [-0.2, -0.15) is 4.98 Å². The molecule has 2 aromatic rings. The molecule has 0 saturated carbocycles. The normalized spacial score (nSPS) is 17.7. The van der Waals surface area contributed by atoms with Crippen LogP contribution in [-0.2, 0) is 12.8 Å². The zero-order chi connectivity index (χ0) is 13.2. The summed E-state index contributed by atoms with van der Waals surface area (Å²) in [6, 6.07) is 6.57. The number of aromatic nitrogens is 2. The average molecular weight is 278 g/mol. The van der Waals surface area contributed by atoms with Crippen molar-refractivity contribution >= 4 is 11.6 Å². The smallest absolute Gasteiger partial charge is 0.227 e. The van der Waals surface area contributed by atoms with E-state index in [4.69, 9.17) is 16.1 Å². The quantitative estimate of drug-likeness (QED) is 0.934. The molecule has 100 valence electrons. The van der Waals surface area contributed by atoms with Crippen LogP contribution in [0.4, 0.5) is 0 Å². The Morgan fingerprint density at radius 3 is 3.16 bits per heavy atom. The minimum atomic E-state index is 0.413. The number of hydrogen-bond acceptors (Lipinski definition) is 4. The molecule has 0 amide bonds. The second-order valence-corrected chi connectivity index (χ2v) is 5.31. The molecule has 3 rings (SSSR count). The third-order valence-corrected chi connectivity index (χ3v) is 3.72. The van der Waals surface area contributed by atoms with Crippen molar-refractivity contribution in [2.45, 2.75) is 32.2 Å². The summed E-state index contributed by atoms with van der Waals surface area (Å²) in [5, 5.41) is 8.15. The highest BCUT2D eigenvalue weighted by molar-refractivity contribution is 6.30.